The molecule has 148 valence electrons. The maximum absolute atomic E-state index is 12.6. The van der Waals surface area contributed by atoms with Gasteiger partial charge in [0.15, 0.2) is 0 Å². The van der Waals surface area contributed by atoms with Crippen molar-refractivity contribution in [1.82, 2.24) is 4.98 Å². The normalized spacial score (nSPS) is 13.7. The monoisotopic (exact) mass is 389 g/mol. The molecule has 3 aromatic rings. The molecule has 0 aliphatic carbocycles. The van der Waals surface area contributed by atoms with Gasteiger partial charge in [-0.15, -0.1) is 0 Å². The minimum atomic E-state index is -0.238. The lowest BCUT2D eigenvalue weighted by Gasteiger charge is -2.28. The van der Waals surface area contributed by atoms with E-state index in [4.69, 9.17) is 9.47 Å². The zero-order chi connectivity index (χ0) is 19.9. The van der Waals surface area contributed by atoms with Gasteiger partial charge >= 0.3 is 0 Å². The van der Waals surface area contributed by atoms with Crippen molar-refractivity contribution >= 4 is 17.3 Å². The number of carbonyl (C=O) groups is 1. The van der Waals surface area contributed by atoms with Crippen LogP contribution in [0.3, 0.4) is 0 Å². The number of pyridine rings is 1. The van der Waals surface area contributed by atoms with E-state index in [1.165, 1.54) is 0 Å². The Hall–Kier alpha value is -3.38. The highest BCUT2D eigenvalue weighted by Crippen LogP contribution is 2.19. The fraction of sp³-hybridized carbons (Fsp3) is 0.217. The van der Waals surface area contributed by atoms with Gasteiger partial charge in [0.25, 0.3) is 5.91 Å². The maximum Gasteiger partial charge on any atom is 0.274 e. The zero-order valence-corrected chi connectivity index (χ0v) is 16.1. The third-order valence-electron chi connectivity index (χ3n) is 4.71. The van der Waals surface area contributed by atoms with Crippen molar-refractivity contribution in [3.05, 3.63) is 84.2 Å². The van der Waals surface area contributed by atoms with Crippen LogP contribution >= 0.6 is 0 Å². The Kier molecular flexibility index (Phi) is 6.02. The Morgan fingerprint density at radius 1 is 1.03 bits per heavy atom. The van der Waals surface area contributed by atoms with Crippen LogP contribution < -0.4 is 15.0 Å². The third-order valence-corrected chi connectivity index (χ3v) is 4.71. The number of hydrogen-bond acceptors (Lipinski definition) is 5. The molecule has 0 radical (unpaired) electrons. The smallest absolute Gasteiger partial charge is 0.274 e. The summed E-state index contributed by atoms with van der Waals surface area (Å²) in [4.78, 5) is 19.0. The number of benzene rings is 2. The van der Waals surface area contributed by atoms with E-state index >= 15 is 0 Å². The number of anilines is 2. The molecule has 1 aliphatic heterocycles. The van der Waals surface area contributed by atoms with E-state index in [1.54, 1.807) is 6.20 Å². The zero-order valence-electron chi connectivity index (χ0n) is 16.1. The van der Waals surface area contributed by atoms with Crippen LogP contribution in [-0.4, -0.2) is 37.2 Å². The molecule has 29 heavy (non-hydrogen) atoms. The van der Waals surface area contributed by atoms with E-state index < -0.39 is 0 Å². The van der Waals surface area contributed by atoms with E-state index in [1.807, 2.05) is 66.7 Å². The van der Waals surface area contributed by atoms with Gasteiger partial charge in [-0.3, -0.25) is 9.78 Å². The molecule has 2 heterocycles. The molecule has 1 aromatic heterocycles. The Balaban J connectivity index is 1.35. The number of rotatable bonds is 6. The summed E-state index contributed by atoms with van der Waals surface area (Å²) in [6.07, 6.45) is 1.67. The number of carbonyl (C=O) groups excluding carboxylic acids is 1. The van der Waals surface area contributed by atoms with Gasteiger partial charge in [0.2, 0.25) is 0 Å². The molecule has 0 bridgehead atoms. The summed E-state index contributed by atoms with van der Waals surface area (Å²) in [5, 5.41) is 2.89. The lowest BCUT2D eigenvalue weighted by atomic mass is 10.2. The van der Waals surface area contributed by atoms with Gasteiger partial charge in [0, 0.05) is 30.7 Å². The Morgan fingerprint density at radius 3 is 2.55 bits per heavy atom. The Labute approximate surface area is 170 Å². The molecule has 6 heteroatoms. The van der Waals surface area contributed by atoms with Gasteiger partial charge in [-0.1, -0.05) is 30.3 Å². The number of nitrogens with one attached hydrogen (secondary N) is 1. The first-order valence-electron chi connectivity index (χ1n) is 9.65. The predicted molar refractivity (Wildman–Crippen MR) is 112 cm³/mol. The fourth-order valence-electron chi connectivity index (χ4n) is 3.13. The van der Waals surface area contributed by atoms with Crippen LogP contribution in [0.2, 0.25) is 0 Å². The minimum Gasteiger partial charge on any atom is -0.489 e. The van der Waals surface area contributed by atoms with Gasteiger partial charge in [-0.2, -0.15) is 0 Å². The van der Waals surface area contributed by atoms with Crippen molar-refractivity contribution in [2.45, 2.75) is 6.61 Å². The van der Waals surface area contributed by atoms with Crippen molar-refractivity contribution in [3.63, 3.8) is 0 Å². The molecule has 2 aromatic carbocycles. The Morgan fingerprint density at radius 2 is 1.79 bits per heavy atom. The topological polar surface area (TPSA) is 63.7 Å². The molecule has 0 spiro atoms. The van der Waals surface area contributed by atoms with Crippen LogP contribution in [0.15, 0.2) is 72.9 Å². The molecule has 1 aliphatic rings. The first kappa shape index (κ1) is 19.0. The van der Waals surface area contributed by atoms with Crippen LogP contribution in [0.4, 0.5) is 11.4 Å². The van der Waals surface area contributed by atoms with Crippen LogP contribution in [0.25, 0.3) is 0 Å². The highest BCUT2D eigenvalue weighted by Gasteiger charge is 2.14. The summed E-state index contributed by atoms with van der Waals surface area (Å²) in [5.74, 6) is 0.511. The number of nitrogens with zero attached hydrogens (tertiary/aromatic N) is 2. The number of amides is 1. The number of ether oxygens (including phenoxy) is 2. The van der Waals surface area contributed by atoms with Gasteiger partial charge in [0.1, 0.15) is 18.1 Å². The highest BCUT2D eigenvalue weighted by molar-refractivity contribution is 6.03. The molecule has 0 saturated carbocycles. The minimum absolute atomic E-state index is 0.238. The lowest BCUT2D eigenvalue weighted by Crippen LogP contribution is -2.36. The molecule has 1 amide bonds. The van der Waals surface area contributed by atoms with E-state index in [2.05, 4.69) is 15.2 Å². The molecule has 4 rings (SSSR count). The summed E-state index contributed by atoms with van der Waals surface area (Å²) >= 11 is 0. The third kappa shape index (κ3) is 5.12. The summed E-state index contributed by atoms with van der Waals surface area (Å²) in [7, 11) is 0. The molecule has 1 N–H and O–H groups in total. The second kappa shape index (κ2) is 9.21. The van der Waals surface area contributed by atoms with Crippen LogP contribution in [-0.2, 0) is 11.3 Å². The quantitative estimate of drug-likeness (QED) is 0.696. The van der Waals surface area contributed by atoms with Gasteiger partial charge in [-0.05, 0) is 42.0 Å². The fourth-order valence-corrected chi connectivity index (χ4v) is 3.13. The SMILES string of the molecule is O=C(Nc1ccc(OCc2ccccc2)cc1)c1cc(N2CCOCC2)ccn1. The maximum atomic E-state index is 12.6. The van der Waals surface area contributed by atoms with E-state index in [0.717, 1.165) is 30.1 Å². The number of aromatic nitrogens is 1. The molecule has 0 atom stereocenters. The van der Waals surface area contributed by atoms with E-state index in [9.17, 15) is 4.79 Å². The molecular formula is C23H23N3O3. The molecule has 6 nitrogen and oxygen atoms in total. The van der Waals surface area contributed by atoms with Crippen molar-refractivity contribution < 1.29 is 14.3 Å². The standard InChI is InChI=1S/C23H23N3O3/c27-23(22-16-20(10-11-24-22)26-12-14-28-15-13-26)25-19-6-8-21(9-7-19)29-17-18-4-2-1-3-5-18/h1-11,16H,12-15,17H2,(H,25,27). The van der Waals surface area contributed by atoms with Crippen molar-refractivity contribution in [2.24, 2.45) is 0 Å². The first-order chi connectivity index (χ1) is 14.3. The van der Waals surface area contributed by atoms with Gasteiger partial charge < -0.3 is 19.7 Å². The van der Waals surface area contributed by atoms with Crippen molar-refractivity contribution in [1.29, 1.82) is 0 Å². The van der Waals surface area contributed by atoms with Crippen LogP contribution in [0.1, 0.15) is 16.1 Å². The van der Waals surface area contributed by atoms with Crippen molar-refractivity contribution in [2.75, 3.05) is 36.5 Å². The summed E-state index contributed by atoms with van der Waals surface area (Å²) in [6.45, 7) is 3.53. The Bertz CT molecular complexity index is 939. The first-order valence-corrected chi connectivity index (χ1v) is 9.65. The van der Waals surface area contributed by atoms with Crippen LogP contribution in [0, 0.1) is 0 Å². The van der Waals surface area contributed by atoms with Crippen molar-refractivity contribution in [3.8, 4) is 5.75 Å². The highest BCUT2D eigenvalue weighted by atomic mass is 16.5. The lowest BCUT2D eigenvalue weighted by molar-refractivity contribution is 0.102. The average Bonchev–Trinajstić information content (AvgIpc) is 2.80. The largest absolute Gasteiger partial charge is 0.489 e. The number of hydrogen-bond donors (Lipinski definition) is 1. The van der Waals surface area contributed by atoms with E-state index in [0.29, 0.717) is 31.2 Å². The van der Waals surface area contributed by atoms with Crippen LogP contribution in [0.5, 0.6) is 5.75 Å². The molecular weight excluding hydrogens is 366 g/mol. The summed E-state index contributed by atoms with van der Waals surface area (Å²) in [6, 6.07) is 21.1. The second-order valence-electron chi connectivity index (χ2n) is 6.75. The summed E-state index contributed by atoms with van der Waals surface area (Å²) < 4.78 is 11.2. The molecule has 1 fully saturated rings. The molecule has 0 unspecified atom stereocenters. The van der Waals surface area contributed by atoms with Gasteiger partial charge in [-0.25, -0.2) is 0 Å². The van der Waals surface area contributed by atoms with E-state index in [-0.39, 0.29) is 5.91 Å². The summed E-state index contributed by atoms with van der Waals surface area (Å²) in [5.41, 5.74) is 3.17. The molecule has 1 saturated heterocycles. The number of morpholine rings is 1. The van der Waals surface area contributed by atoms with Gasteiger partial charge in [0.05, 0.1) is 13.2 Å². The second-order valence-corrected chi connectivity index (χ2v) is 6.75. The predicted octanol–water partition coefficient (Wildman–Crippen LogP) is 3.75. The average molecular weight is 389 g/mol.